The molecule has 1 aromatic heterocycles. The number of amides is 2. The van der Waals surface area contributed by atoms with Gasteiger partial charge in [-0.05, 0) is 49.1 Å². The van der Waals surface area contributed by atoms with E-state index in [1.807, 2.05) is 24.0 Å². The normalized spacial score (nSPS) is 16.5. The van der Waals surface area contributed by atoms with Gasteiger partial charge in [0.2, 0.25) is 5.91 Å². The molecule has 2 amide bonds. The number of rotatable bonds is 5. The number of H-pyrrole nitrogens is 1. The second-order valence-corrected chi connectivity index (χ2v) is 8.51. The first-order valence-electron chi connectivity index (χ1n) is 11.4. The Balaban J connectivity index is 1.65. The zero-order chi connectivity index (χ0) is 23.4. The Morgan fingerprint density at radius 3 is 2.48 bits per heavy atom. The zero-order valence-electron chi connectivity index (χ0n) is 19.1. The van der Waals surface area contributed by atoms with Crippen LogP contribution in [-0.4, -0.2) is 52.8 Å². The lowest BCUT2D eigenvalue weighted by Gasteiger charge is -2.24. The summed E-state index contributed by atoms with van der Waals surface area (Å²) in [4.78, 5) is 44.7. The summed E-state index contributed by atoms with van der Waals surface area (Å²) >= 11 is 0. The van der Waals surface area contributed by atoms with Crippen LogP contribution in [0.2, 0.25) is 0 Å². The molecule has 4 rings (SSSR count). The number of carbonyl (C=O) groups is 2. The van der Waals surface area contributed by atoms with Gasteiger partial charge in [-0.3, -0.25) is 14.4 Å². The van der Waals surface area contributed by atoms with Gasteiger partial charge in [0.05, 0.1) is 5.92 Å². The first kappa shape index (κ1) is 22.5. The summed E-state index contributed by atoms with van der Waals surface area (Å²) in [6.07, 6.45) is 2.03. The number of hydrogen-bond donors (Lipinski definition) is 1. The third-order valence-electron chi connectivity index (χ3n) is 6.31. The van der Waals surface area contributed by atoms with Crippen molar-refractivity contribution in [3.8, 4) is 11.1 Å². The maximum atomic E-state index is 13.4. The number of hydrogen-bond acceptors (Lipinski definition) is 3. The van der Waals surface area contributed by atoms with Crippen molar-refractivity contribution in [3.05, 3.63) is 93.9 Å². The Kier molecular flexibility index (Phi) is 6.73. The van der Waals surface area contributed by atoms with E-state index in [9.17, 15) is 14.4 Å². The van der Waals surface area contributed by atoms with Crippen LogP contribution < -0.4 is 5.56 Å². The highest BCUT2D eigenvalue weighted by Crippen LogP contribution is 2.27. The molecule has 1 N–H and O–H groups in total. The van der Waals surface area contributed by atoms with Crippen LogP contribution in [0.5, 0.6) is 0 Å². The van der Waals surface area contributed by atoms with Gasteiger partial charge in [-0.25, -0.2) is 0 Å². The largest absolute Gasteiger partial charge is 0.341 e. The van der Waals surface area contributed by atoms with Crippen LogP contribution in [0.15, 0.2) is 71.7 Å². The van der Waals surface area contributed by atoms with E-state index in [-0.39, 0.29) is 29.8 Å². The quantitative estimate of drug-likeness (QED) is 0.656. The minimum Gasteiger partial charge on any atom is -0.341 e. The predicted octanol–water partition coefficient (Wildman–Crippen LogP) is 3.51. The molecule has 1 aliphatic rings. The Bertz CT molecular complexity index is 1200. The number of nitrogens with one attached hydrogen (secondary N) is 1. The fourth-order valence-electron chi connectivity index (χ4n) is 4.43. The number of likely N-dealkylation sites (N-methyl/N-ethyl adjacent to an activating group) is 1. The van der Waals surface area contributed by atoms with Crippen molar-refractivity contribution in [1.82, 2.24) is 14.8 Å². The molecule has 6 nitrogen and oxygen atoms in total. The van der Waals surface area contributed by atoms with Gasteiger partial charge in [0.25, 0.3) is 11.5 Å². The summed E-state index contributed by atoms with van der Waals surface area (Å²) < 4.78 is 0. The first-order chi connectivity index (χ1) is 16.0. The SMILES string of the molecule is CCN1CCN(C(=O)c2ccc[nH]c2=O)CC(Cc2ccccc2-c2ccc(C)cc2)C1=O. The number of aryl methyl sites for hydroxylation is 1. The van der Waals surface area contributed by atoms with E-state index in [2.05, 4.69) is 48.3 Å². The molecule has 1 saturated heterocycles. The average Bonchev–Trinajstić information content (AvgIpc) is 2.98. The van der Waals surface area contributed by atoms with Crippen LogP contribution in [0.1, 0.15) is 28.4 Å². The lowest BCUT2D eigenvalue weighted by Crippen LogP contribution is -2.39. The van der Waals surface area contributed by atoms with Gasteiger partial charge < -0.3 is 14.8 Å². The van der Waals surface area contributed by atoms with Gasteiger partial charge in [-0.2, -0.15) is 0 Å². The minimum atomic E-state index is -0.410. The predicted molar refractivity (Wildman–Crippen MR) is 129 cm³/mol. The molecule has 6 heteroatoms. The summed E-state index contributed by atoms with van der Waals surface area (Å²) in [6, 6.07) is 19.7. The van der Waals surface area contributed by atoms with Crippen LogP contribution in [-0.2, 0) is 11.2 Å². The number of carbonyl (C=O) groups excluding carboxylic acids is 2. The van der Waals surface area contributed by atoms with Crippen molar-refractivity contribution in [1.29, 1.82) is 0 Å². The highest BCUT2D eigenvalue weighted by molar-refractivity contribution is 5.94. The van der Waals surface area contributed by atoms with Gasteiger partial charge in [-0.1, -0.05) is 54.1 Å². The Labute approximate surface area is 193 Å². The monoisotopic (exact) mass is 443 g/mol. The molecule has 0 bridgehead atoms. The zero-order valence-corrected chi connectivity index (χ0v) is 19.1. The molecule has 3 aromatic rings. The first-order valence-corrected chi connectivity index (χ1v) is 11.4. The van der Waals surface area contributed by atoms with Crippen LogP contribution in [0.3, 0.4) is 0 Å². The van der Waals surface area contributed by atoms with E-state index in [4.69, 9.17) is 0 Å². The third-order valence-corrected chi connectivity index (χ3v) is 6.31. The molecule has 0 spiro atoms. The van der Waals surface area contributed by atoms with Crippen LogP contribution in [0.4, 0.5) is 0 Å². The summed E-state index contributed by atoms with van der Waals surface area (Å²) in [7, 11) is 0. The molecule has 33 heavy (non-hydrogen) atoms. The van der Waals surface area contributed by atoms with Crippen LogP contribution >= 0.6 is 0 Å². The molecule has 2 heterocycles. The summed E-state index contributed by atoms with van der Waals surface area (Å²) in [6.45, 7) is 5.75. The van der Waals surface area contributed by atoms with Crippen molar-refractivity contribution in [2.75, 3.05) is 26.2 Å². The van der Waals surface area contributed by atoms with Crippen LogP contribution in [0.25, 0.3) is 11.1 Å². The van der Waals surface area contributed by atoms with Crippen molar-refractivity contribution >= 4 is 11.8 Å². The van der Waals surface area contributed by atoms with E-state index < -0.39 is 5.56 Å². The van der Waals surface area contributed by atoms with Gasteiger partial charge in [0.15, 0.2) is 0 Å². The van der Waals surface area contributed by atoms with Gasteiger partial charge in [0, 0.05) is 32.4 Å². The minimum absolute atomic E-state index is 0.0495. The van der Waals surface area contributed by atoms with Crippen LogP contribution in [0, 0.1) is 12.8 Å². The smallest absolute Gasteiger partial charge is 0.260 e. The third kappa shape index (κ3) is 4.90. The number of benzene rings is 2. The molecule has 2 aromatic carbocycles. The number of aromatic amines is 1. The maximum absolute atomic E-state index is 13.4. The Morgan fingerprint density at radius 2 is 1.76 bits per heavy atom. The van der Waals surface area contributed by atoms with E-state index in [1.165, 1.54) is 17.8 Å². The van der Waals surface area contributed by atoms with Crippen molar-refractivity contribution in [2.45, 2.75) is 20.3 Å². The van der Waals surface area contributed by atoms with E-state index in [0.29, 0.717) is 26.1 Å². The van der Waals surface area contributed by atoms with E-state index in [1.54, 1.807) is 11.0 Å². The number of pyridine rings is 1. The fourth-order valence-corrected chi connectivity index (χ4v) is 4.43. The topological polar surface area (TPSA) is 73.5 Å². The van der Waals surface area contributed by atoms with E-state index in [0.717, 1.165) is 16.7 Å². The number of aromatic nitrogens is 1. The van der Waals surface area contributed by atoms with Gasteiger partial charge >= 0.3 is 0 Å². The second-order valence-electron chi connectivity index (χ2n) is 8.51. The molecule has 1 aliphatic heterocycles. The highest BCUT2D eigenvalue weighted by Gasteiger charge is 2.33. The van der Waals surface area contributed by atoms with E-state index >= 15 is 0 Å². The highest BCUT2D eigenvalue weighted by atomic mass is 16.2. The molecular weight excluding hydrogens is 414 g/mol. The molecule has 1 unspecified atom stereocenters. The molecule has 170 valence electrons. The molecule has 0 aliphatic carbocycles. The van der Waals surface area contributed by atoms with Crippen molar-refractivity contribution < 1.29 is 9.59 Å². The maximum Gasteiger partial charge on any atom is 0.260 e. The molecule has 0 saturated carbocycles. The molecule has 0 radical (unpaired) electrons. The summed E-state index contributed by atoms with van der Waals surface area (Å²) in [5.74, 6) is -0.668. The molecule has 1 atom stereocenters. The van der Waals surface area contributed by atoms with Gasteiger partial charge in [-0.15, -0.1) is 0 Å². The number of nitrogens with zero attached hydrogens (tertiary/aromatic N) is 2. The molecular formula is C27H29N3O3. The lowest BCUT2D eigenvalue weighted by molar-refractivity contribution is -0.134. The Morgan fingerprint density at radius 1 is 1.00 bits per heavy atom. The summed E-state index contributed by atoms with van der Waals surface area (Å²) in [5, 5.41) is 0. The van der Waals surface area contributed by atoms with Crippen molar-refractivity contribution in [2.24, 2.45) is 5.92 Å². The second kappa shape index (κ2) is 9.86. The average molecular weight is 444 g/mol. The summed E-state index contributed by atoms with van der Waals surface area (Å²) in [5.41, 5.74) is 4.16. The lowest BCUT2D eigenvalue weighted by atomic mass is 9.91. The fraction of sp³-hybridized carbons (Fsp3) is 0.296. The molecule has 1 fully saturated rings. The van der Waals surface area contributed by atoms with Crippen molar-refractivity contribution in [3.63, 3.8) is 0 Å². The Hall–Kier alpha value is -3.67. The standard InChI is InChI=1S/C27H29N3O3/c1-3-29-15-16-30(27(33)24-9-6-14-28-25(24)31)18-22(26(29)32)17-21-7-4-5-8-23(21)20-12-10-19(2)11-13-20/h4-14,22H,3,15-18H2,1-2H3,(H,28,31). The van der Waals surface area contributed by atoms with Gasteiger partial charge in [0.1, 0.15) is 5.56 Å².